The zero-order chi connectivity index (χ0) is 11.3. The highest BCUT2D eigenvalue weighted by atomic mass is 16.5. The molecule has 1 heterocycles. The van der Waals surface area contributed by atoms with Crippen molar-refractivity contribution in [2.75, 3.05) is 32.2 Å². The lowest BCUT2D eigenvalue weighted by Gasteiger charge is -2.12. The van der Waals surface area contributed by atoms with Gasteiger partial charge in [0.25, 0.3) is 5.95 Å². The lowest BCUT2D eigenvalue weighted by Crippen LogP contribution is -2.23. The van der Waals surface area contributed by atoms with Crippen molar-refractivity contribution in [1.82, 2.24) is 10.1 Å². The lowest BCUT2D eigenvalue weighted by molar-refractivity contribution is 0.206. The van der Waals surface area contributed by atoms with Gasteiger partial charge in [0.1, 0.15) is 0 Å². The lowest BCUT2D eigenvalue weighted by atomic mass is 10.2. The van der Waals surface area contributed by atoms with Gasteiger partial charge in [0.2, 0.25) is 5.89 Å². The van der Waals surface area contributed by atoms with E-state index in [1.807, 2.05) is 18.9 Å². The van der Waals surface area contributed by atoms with Crippen LogP contribution in [0, 0.1) is 0 Å². The molecule has 0 aromatic carbocycles. The molecule has 0 aliphatic carbocycles. The summed E-state index contributed by atoms with van der Waals surface area (Å²) in [5.41, 5.74) is 5.77. The molecule has 0 bridgehead atoms. The standard InChI is InChI=1S/C9H18N4O2/c1-4-7(10)8-11-9(12-15-8)13(2)5-6-14-3/h7H,4-6,10H2,1-3H3/t7-/m1/s1. The number of hydrogen-bond acceptors (Lipinski definition) is 6. The Bertz CT molecular complexity index is 289. The number of methoxy groups -OCH3 is 1. The smallest absolute Gasteiger partial charge is 0.265 e. The summed E-state index contributed by atoms with van der Waals surface area (Å²) in [6.07, 6.45) is 0.781. The number of anilines is 1. The van der Waals surface area contributed by atoms with Crippen LogP contribution in [0.5, 0.6) is 0 Å². The van der Waals surface area contributed by atoms with Gasteiger partial charge in [-0.05, 0) is 11.6 Å². The van der Waals surface area contributed by atoms with Gasteiger partial charge in [0.05, 0.1) is 12.6 Å². The third-order valence-electron chi connectivity index (χ3n) is 2.16. The summed E-state index contributed by atoms with van der Waals surface area (Å²) in [5, 5.41) is 3.84. The maximum absolute atomic E-state index is 5.77. The van der Waals surface area contributed by atoms with Crippen LogP contribution < -0.4 is 10.6 Å². The van der Waals surface area contributed by atoms with Gasteiger partial charge < -0.3 is 19.9 Å². The van der Waals surface area contributed by atoms with E-state index in [1.54, 1.807) is 7.11 Å². The molecule has 1 atom stereocenters. The van der Waals surface area contributed by atoms with Gasteiger partial charge in [-0.2, -0.15) is 4.98 Å². The van der Waals surface area contributed by atoms with Crippen molar-refractivity contribution in [2.45, 2.75) is 19.4 Å². The molecule has 0 saturated heterocycles. The van der Waals surface area contributed by atoms with E-state index < -0.39 is 0 Å². The van der Waals surface area contributed by atoms with E-state index in [2.05, 4.69) is 10.1 Å². The van der Waals surface area contributed by atoms with Gasteiger partial charge in [-0.1, -0.05) is 6.92 Å². The molecule has 15 heavy (non-hydrogen) atoms. The molecule has 6 heteroatoms. The van der Waals surface area contributed by atoms with Crippen LogP contribution >= 0.6 is 0 Å². The van der Waals surface area contributed by atoms with Crippen LogP contribution in [0.3, 0.4) is 0 Å². The maximum atomic E-state index is 5.77. The number of ether oxygens (including phenoxy) is 1. The molecule has 1 rings (SSSR count). The normalized spacial score (nSPS) is 12.8. The topological polar surface area (TPSA) is 77.4 Å². The van der Waals surface area contributed by atoms with E-state index in [9.17, 15) is 0 Å². The average Bonchev–Trinajstić information content (AvgIpc) is 2.74. The Hall–Kier alpha value is -1.14. The van der Waals surface area contributed by atoms with Crippen LogP contribution in [-0.4, -0.2) is 37.4 Å². The Morgan fingerprint density at radius 2 is 2.33 bits per heavy atom. The Labute approximate surface area is 89.4 Å². The summed E-state index contributed by atoms with van der Waals surface area (Å²) >= 11 is 0. The van der Waals surface area contributed by atoms with E-state index in [1.165, 1.54) is 0 Å². The van der Waals surface area contributed by atoms with E-state index in [0.717, 1.165) is 13.0 Å². The zero-order valence-electron chi connectivity index (χ0n) is 9.43. The molecule has 0 unspecified atom stereocenters. The second-order valence-corrected chi connectivity index (χ2v) is 3.36. The van der Waals surface area contributed by atoms with Crippen LogP contribution in [0.25, 0.3) is 0 Å². The van der Waals surface area contributed by atoms with Crippen molar-refractivity contribution in [1.29, 1.82) is 0 Å². The maximum Gasteiger partial charge on any atom is 0.265 e. The molecule has 0 aliphatic heterocycles. The highest BCUT2D eigenvalue weighted by Gasteiger charge is 2.14. The van der Waals surface area contributed by atoms with Crippen LogP contribution in [-0.2, 0) is 4.74 Å². The van der Waals surface area contributed by atoms with Crippen molar-refractivity contribution in [2.24, 2.45) is 5.73 Å². The summed E-state index contributed by atoms with van der Waals surface area (Å²) in [6, 6.07) is -0.179. The minimum Gasteiger partial charge on any atom is -0.383 e. The fourth-order valence-electron chi connectivity index (χ4n) is 1.04. The molecule has 0 aliphatic rings. The highest BCUT2D eigenvalue weighted by molar-refractivity contribution is 5.25. The molecule has 0 spiro atoms. The molecule has 86 valence electrons. The highest BCUT2D eigenvalue weighted by Crippen LogP contribution is 2.14. The van der Waals surface area contributed by atoms with Crippen molar-refractivity contribution >= 4 is 5.95 Å². The number of hydrogen-bond donors (Lipinski definition) is 1. The van der Waals surface area contributed by atoms with Crippen LogP contribution in [0.2, 0.25) is 0 Å². The molecular formula is C9H18N4O2. The third kappa shape index (κ3) is 3.17. The largest absolute Gasteiger partial charge is 0.383 e. The number of nitrogens with two attached hydrogens (primary N) is 1. The number of nitrogens with zero attached hydrogens (tertiary/aromatic N) is 3. The number of aromatic nitrogens is 2. The first kappa shape index (κ1) is 11.9. The van der Waals surface area contributed by atoms with E-state index in [0.29, 0.717) is 18.4 Å². The van der Waals surface area contributed by atoms with Gasteiger partial charge in [0, 0.05) is 20.7 Å². The predicted octanol–water partition coefficient (Wildman–Crippen LogP) is 0.562. The Kier molecular flexibility index (Phi) is 4.51. The summed E-state index contributed by atoms with van der Waals surface area (Å²) in [4.78, 5) is 6.06. The average molecular weight is 214 g/mol. The molecule has 2 N–H and O–H groups in total. The molecule has 0 fully saturated rings. The quantitative estimate of drug-likeness (QED) is 0.745. The van der Waals surface area contributed by atoms with Gasteiger partial charge in [-0.15, -0.1) is 0 Å². The van der Waals surface area contributed by atoms with Crippen molar-refractivity contribution in [3.8, 4) is 0 Å². The molecular weight excluding hydrogens is 196 g/mol. The first-order chi connectivity index (χ1) is 7.19. The third-order valence-corrected chi connectivity index (χ3v) is 2.16. The van der Waals surface area contributed by atoms with Crippen molar-refractivity contribution in [3.05, 3.63) is 5.89 Å². The molecule has 0 saturated carbocycles. The first-order valence-corrected chi connectivity index (χ1v) is 4.98. The van der Waals surface area contributed by atoms with Crippen LogP contribution in [0.1, 0.15) is 25.3 Å². The van der Waals surface area contributed by atoms with Gasteiger partial charge in [-0.3, -0.25) is 0 Å². The van der Waals surface area contributed by atoms with Crippen molar-refractivity contribution in [3.63, 3.8) is 0 Å². The van der Waals surface area contributed by atoms with E-state index >= 15 is 0 Å². The Morgan fingerprint density at radius 3 is 2.93 bits per heavy atom. The predicted molar refractivity (Wildman–Crippen MR) is 56.7 cm³/mol. The summed E-state index contributed by atoms with van der Waals surface area (Å²) in [6.45, 7) is 3.32. The second kappa shape index (κ2) is 5.67. The number of likely N-dealkylation sites (N-methyl/N-ethyl adjacent to an activating group) is 1. The summed E-state index contributed by atoms with van der Waals surface area (Å²) in [5.74, 6) is 1.03. The monoisotopic (exact) mass is 214 g/mol. The first-order valence-electron chi connectivity index (χ1n) is 4.98. The van der Waals surface area contributed by atoms with Gasteiger partial charge in [0.15, 0.2) is 0 Å². The molecule has 0 amide bonds. The fraction of sp³-hybridized carbons (Fsp3) is 0.778. The SMILES string of the molecule is CC[C@@H](N)c1nc(N(C)CCOC)no1. The zero-order valence-corrected chi connectivity index (χ0v) is 9.43. The van der Waals surface area contributed by atoms with Crippen molar-refractivity contribution < 1.29 is 9.26 Å². The Morgan fingerprint density at radius 1 is 1.60 bits per heavy atom. The van der Waals surface area contributed by atoms with Crippen LogP contribution in [0.15, 0.2) is 4.52 Å². The van der Waals surface area contributed by atoms with Gasteiger partial charge >= 0.3 is 0 Å². The van der Waals surface area contributed by atoms with Crippen LogP contribution in [0.4, 0.5) is 5.95 Å². The second-order valence-electron chi connectivity index (χ2n) is 3.36. The fourth-order valence-corrected chi connectivity index (χ4v) is 1.04. The minimum absolute atomic E-state index is 0.179. The summed E-state index contributed by atoms with van der Waals surface area (Å²) < 4.78 is 10.0. The Balaban J connectivity index is 2.58. The summed E-state index contributed by atoms with van der Waals surface area (Å²) in [7, 11) is 3.54. The number of rotatable bonds is 6. The molecule has 1 aromatic rings. The molecule has 0 radical (unpaired) electrons. The van der Waals surface area contributed by atoms with Gasteiger partial charge in [-0.25, -0.2) is 0 Å². The molecule has 1 aromatic heterocycles. The molecule has 6 nitrogen and oxygen atoms in total. The minimum atomic E-state index is -0.179. The van der Waals surface area contributed by atoms with E-state index in [-0.39, 0.29) is 6.04 Å². The van der Waals surface area contributed by atoms with E-state index in [4.69, 9.17) is 15.0 Å².